The molecule has 0 amide bonds. The second-order valence-corrected chi connectivity index (χ2v) is 6.42. The van der Waals surface area contributed by atoms with E-state index in [1.54, 1.807) is 13.2 Å². The number of likely N-dealkylation sites (tertiary alicyclic amines) is 1. The molecule has 1 N–H and O–H groups in total. The van der Waals surface area contributed by atoms with Gasteiger partial charge in [-0.25, -0.2) is 4.79 Å². The van der Waals surface area contributed by atoms with Gasteiger partial charge in [-0.1, -0.05) is 0 Å². The van der Waals surface area contributed by atoms with E-state index in [0.29, 0.717) is 18.0 Å². The number of nitrogens with zero attached hydrogens (tertiary/aromatic N) is 3. The number of nitrogens with one attached hydrogen (secondary N) is 1. The highest BCUT2D eigenvalue weighted by Crippen LogP contribution is 2.31. The van der Waals surface area contributed by atoms with Gasteiger partial charge in [-0.05, 0) is 38.3 Å². The molecule has 1 aliphatic carbocycles. The summed E-state index contributed by atoms with van der Waals surface area (Å²) in [6.07, 6.45) is 5.63. The molecule has 116 valence electrons. The average molecular weight is 292 g/mol. The Morgan fingerprint density at radius 3 is 2.71 bits per heavy atom. The van der Waals surface area contributed by atoms with E-state index in [1.807, 2.05) is 0 Å². The van der Waals surface area contributed by atoms with E-state index in [0.717, 1.165) is 12.6 Å². The first kappa shape index (κ1) is 14.5. The van der Waals surface area contributed by atoms with Crippen LogP contribution in [0.25, 0.3) is 0 Å². The van der Waals surface area contributed by atoms with Gasteiger partial charge in [-0.15, -0.1) is 0 Å². The highest BCUT2D eigenvalue weighted by molar-refractivity contribution is 5.05. The van der Waals surface area contributed by atoms with Crippen LogP contribution in [-0.4, -0.2) is 39.7 Å². The van der Waals surface area contributed by atoms with Gasteiger partial charge in [0.05, 0.1) is 0 Å². The summed E-state index contributed by atoms with van der Waals surface area (Å²) in [5, 5.41) is 3.38. The maximum atomic E-state index is 12.0. The quantitative estimate of drug-likeness (QED) is 0.806. The summed E-state index contributed by atoms with van der Waals surface area (Å²) in [6, 6.07) is 0.853. The lowest BCUT2D eigenvalue weighted by Crippen LogP contribution is -2.40. The highest BCUT2D eigenvalue weighted by atomic mass is 16.2. The van der Waals surface area contributed by atoms with Crippen molar-refractivity contribution in [1.82, 2.24) is 19.4 Å². The van der Waals surface area contributed by atoms with Gasteiger partial charge in [0.1, 0.15) is 0 Å². The lowest BCUT2D eigenvalue weighted by atomic mass is 10.1. The zero-order chi connectivity index (χ0) is 15.0. The van der Waals surface area contributed by atoms with E-state index in [1.165, 1.54) is 48.5 Å². The van der Waals surface area contributed by atoms with Crippen molar-refractivity contribution >= 4 is 0 Å². The number of aromatic nitrogens is 2. The second-order valence-electron chi connectivity index (χ2n) is 6.42. The maximum Gasteiger partial charge on any atom is 0.330 e. The Morgan fingerprint density at radius 2 is 2.00 bits per heavy atom. The minimum Gasteiger partial charge on any atom is -0.312 e. The van der Waals surface area contributed by atoms with Crippen molar-refractivity contribution < 1.29 is 0 Å². The summed E-state index contributed by atoms with van der Waals surface area (Å²) < 4.78 is 2.63. The molecule has 21 heavy (non-hydrogen) atoms. The van der Waals surface area contributed by atoms with Crippen molar-refractivity contribution in [3.8, 4) is 0 Å². The highest BCUT2D eigenvalue weighted by Gasteiger charge is 2.33. The Hall–Kier alpha value is -1.40. The zero-order valence-electron chi connectivity index (χ0n) is 12.8. The molecule has 3 rings (SSSR count). The number of hydrogen-bond acceptors (Lipinski definition) is 4. The first-order chi connectivity index (χ1) is 10.1. The second kappa shape index (κ2) is 5.77. The Bertz CT molecular complexity index is 630. The molecule has 2 fully saturated rings. The molecule has 1 saturated carbocycles. The first-order valence-corrected chi connectivity index (χ1v) is 7.76. The van der Waals surface area contributed by atoms with Crippen molar-refractivity contribution in [2.45, 2.75) is 31.8 Å². The zero-order valence-corrected chi connectivity index (χ0v) is 12.8. The molecule has 0 aromatic carbocycles. The third-order valence-electron chi connectivity index (χ3n) is 4.65. The van der Waals surface area contributed by atoms with Crippen LogP contribution >= 0.6 is 0 Å². The molecule has 1 aliphatic heterocycles. The molecule has 1 saturated heterocycles. The van der Waals surface area contributed by atoms with Crippen molar-refractivity contribution in [2.24, 2.45) is 20.0 Å². The summed E-state index contributed by atoms with van der Waals surface area (Å²) in [4.78, 5) is 26.2. The van der Waals surface area contributed by atoms with Gasteiger partial charge in [0.2, 0.25) is 0 Å². The molecule has 1 unspecified atom stereocenters. The van der Waals surface area contributed by atoms with Crippen molar-refractivity contribution in [3.05, 3.63) is 32.6 Å². The fourth-order valence-corrected chi connectivity index (χ4v) is 3.22. The summed E-state index contributed by atoms with van der Waals surface area (Å²) in [6.45, 7) is 3.87. The lowest BCUT2D eigenvalue weighted by molar-refractivity contribution is 0.311. The lowest BCUT2D eigenvalue weighted by Gasteiger charge is -2.15. The van der Waals surface area contributed by atoms with Crippen LogP contribution in [0.15, 0.2) is 15.8 Å². The van der Waals surface area contributed by atoms with Crippen LogP contribution in [0.2, 0.25) is 0 Å². The van der Waals surface area contributed by atoms with E-state index >= 15 is 0 Å². The molecule has 2 heterocycles. The number of aryl methyl sites for hydroxylation is 1. The fourth-order valence-electron chi connectivity index (χ4n) is 3.22. The summed E-state index contributed by atoms with van der Waals surface area (Å²) in [7, 11) is 3.20. The van der Waals surface area contributed by atoms with E-state index < -0.39 is 0 Å². The first-order valence-electron chi connectivity index (χ1n) is 7.76. The van der Waals surface area contributed by atoms with Gasteiger partial charge < -0.3 is 14.8 Å². The molecule has 1 atom stereocenters. The average Bonchev–Trinajstić information content (AvgIpc) is 3.22. The molecule has 1 aromatic heterocycles. The Balaban J connectivity index is 1.54. The molecule has 1 aromatic rings. The van der Waals surface area contributed by atoms with E-state index in [9.17, 15) is 9.59 Å². The van der Waals surface area contributed by atoms with Gasteiger partial charge in [0.15, 0.2) is 0 Å². The van der Waals surface area contributed by atoms with Crippen molar-refractivity contribution in [1.29, 1.82) is 0 Å². The van der Waals surface area contributed by atoms with Crippen LogP contribution in [0.4, 0.5) is 0 Å². The van der Waals surface area contributed by atoms with E-state index in [2.05, 4.69) is 10.2 Å². The van der Waals surface area contributed by atoms with E-state index in [-0.39, 0.29) is 11.2 Å². The molecule has 6 heteroatoms. The maximum absolute atomic E-state index is 12.0. The standard InChI is InChI=1S/C15H24N4O2/c1-17-10-12(14(20)18(2)15(17)21)8-16-7-11-5-6-19(9-11)13-3-4-13/h10-11,13,16H,3-9H2,1-2H3. The molecule has 2 aliphatic rings. The summed E-state index contributed by atoms with van der Waals surface area (Å²) >= 11 is 0. The van der Waals surface area contributed by atoms with Gasteiger partial charge in [0, 0.05) is 45.0 Å². The minimum absolute atomic E-state index is 0.198. The number of rotatable bonds is 5. The van der Waals surface area contributed by atoms with Crippen LogP contribution in [0.1, 0.15) is 24.8 Å². The molecule has 0 radical (unpaired) electrons. The SMILES string of the molecule is Cn1cc(CNCC2CCN(C3CC3)C2)c(=O)n(C)c1=O. The van der Waals surface area contributed by atoms with Crippen LogP contribution in [0.5, 0.6) is 0 Å². The third kappa shape index (κ3) is 3.11. The van der Waals surface area contributed by atoms with Crippen LogP contribution in [0.3, 0.4) is 0 Å². The molecular weight excluding hydrogens is 268 g/mol. The van der Waals surface area contributed by atoms with E-state index in [4.69, 9.17) is 0 Å². The van der Waals surface area contributed by atoms with Crippen LogP contribution < -0.4 is 16.6 Å². The Kier molecular flexibility index (Phi) is 3.99. The van der Waals surface area contributed by atoms with Gasteiger partial charge in [0.25, 0.3) is 5.56 Å². The summed E-state index contributed by atoms with van der Waals surface area (Å²) in [5.41, 5.74) is 0.174. The molecule has 0 spiro atoms. The smallest absolute Gasteiger partial charge is 0.312 e. The predicted octanol–water partition coefficient (Wildman–Crippen LogP) is -0.342. The van der Waals surface area contributed by atoms with Gasteiger partial charge in [-0.3, -0.25) is 9.36 Å². The molecule has 6 nitrogen and oxygen atoms in total. The summed E-state index contributed by atoms with van der Waals surface area (Å²) in [5.74, 6) is 0.682. The predicted molar refractivity (Wildman–Crippen MR) is 81.3 cm³/mol. The van der Waals surface area contributed by atoms with Gasteiger partial charge in [-0.2, -0.15) is 0 Å². The van der Waals surface area contributed by atoms with Gasteiger partial charge >= 0.3 is 5.69 Å². The monoisotopic (exact) mass is 292 g/mol. The Labute approximate surface area is 124 Å². The fraction of sp³-hybridized carbons (Fsp3) is 0.733. The largest absolute Gasteiger partial charge is 0.330 e. The van der Waals surface area contributed by atoms with Crippen LogP contribution in [-0.2, 0) is 20.6 Å². The Morgan fingerprint density at radius 1 is 1.24 bits per heavy atom. The van der Waals surface area contributed by atoms with Crippen LogP contribution in [0, 0.1) is 5.92 Å². The minimum atomic E-state index is -0.278. The number of hydrogen-bond donors (Lipinski definition) is 1. The van der Waals surface area contributed by atoms with Crippen molar-refractivity contribution in [2.75, 3.05) is 19.6 Å². The topological polar surface area (TPSA) is 59.3 Å². The van der Waals surface area contributed by atoms with Crippen molar-refractivity contribution in [3.63, 3.8) is 0 Å². The molecule has 0 bridgehead atoms. The third-order valence-corrected chi connectivity index (χ3v) is 4.65. The molecular formula is C15H24N4O2. The normalized spacial score (nSPS) is 22.9.